The summed E-state index contributed by atoms with van der Waals surface area (Å²) in [6.45, 7) is 2.49. The van der Waals surface area contributed by atoms with Gasteiger partial charge < -0.3 is 14.2 Å². The predicted octanol–water partition coefficient (Wildman–Crippen LogP) is 4.42. The Bertz CT molecular complexity index is 1100. The maximum absolute atomic E-state index is 14.1. The van der Waals surface area contributed by atoms with Crippen LogP contribution in [0.15, 0.2) is 52.9 Å². The molecule has 2 unspecified atom stereocenters. The van der Waals surface area contributed by atoms with E-state index < -0.39 is 0 Å². The van der Waals surface area contributed by atoms with E-state index in [2.05, 4.69) is 11.1 Å². The van der Waals surface area contributed by atoms with Crippen LogP contribution in [0.4, 0.5) is 20.4 Å². The number of hydrogen-bond acceptors (Lipinski definition) is 5. The number of nitrogens with zero attached hydrogens (tertiary/aromatic N) is 4. The molecule has 0 bridgehead atoms. The van der Waals surface area contributed by atoms with Gasteiger partial charge >= 0.3 is 0 Å². The van der Waals surface area contributed by atoms with Gasteiger partial charge in [0.15, 0.2) is 0 Å². The monoisotopic (exact) mass is 406 g/mol. The number of anilines is 2. The molecule has 2 aromatic carbocycles. The van der Waals surface area contributed by atoms with Gasteiger partial charge in [-0.3, -0.25) is 0 Å². The molecule has 2 heterocycles. The molecule has 0 amide bonds. The third-order valence-electron chi connectivity index (χ3n) is 5.90. The topological polar surface area (TPSA) is 56.3 Å². The fourth-order valence-corrected chi connectivity index (χ4v) is 4.18. The first-order chi connectivity index (χ1) is 14.6. The second-order valence-electron chi connectivity index (χ2n) is 7.74. The first-order valence-electron chi connectivity index (χ1n) is 10.0. The zero-order chi connectivity index (χ0) is 20.7. The molecule has 0 N–H and O–H groups in total. The summed E-state index contributed by atoms with van der Waals surface area (Å²) < 4.78 is 33.3. The van der Waals surface area contributed by atoms with Gasteiger partial charge in [-0.2, -0.15) is 5.26 Å². The van der Waals surface area contributed by atoms with E-state index >= 15 is 0 Å². The molecule has 1 aromatic heterocycles. The minimum atomic E-state index is -0.254. The molecule has 5 nitrogen and oxygen atoms in total. The molecule has 1 aliphatic carbocycles. The van der Waals surface area contributed by atoms with Gasteiger partial charge in [0, 0.05) is 32.1 Å². The van der Waals surface area contributed by atoms with Crippen molar-refractivity contribution in [1.82, 2.24) is 4.98 Å². The van der Waals surface area contributed by atoms with Crippen LogP contribution in [0.5, 0.6) is 0 Å². The van der Waals surface area contributed by atoms with Gasteiger partial charge in [-0.05, 0) is 42.2 Å². The summed E-state index contributed by atoms with van der Waals surface area (Å²) in [5, 5.41) is 9.54. The Hall–Kier alpha value is -3.40. The molecular formula is C23H20F2N4O. The van der Waals surface area contributed by atoms with Crippen LogP contribution in [-0.2, 0) is 0 Å². The fraction of sp³-hybridized carbons (Fsp3) is 0.304. The molecule has 152 valence electrons. The SMILES string of the molecule is N#Cc1nc(C2CC2c2ccc(F)cc2)oc1N1CCN(c2ccccc2F)CC1. The van der Waals surface area contributed by atoms with Gasteiger partial charge in [-0.15, -0.1) is 0 Å². The molecule has 5 rings (SSSR count). The Kier molecular flexibility index (Phi) is 4.62. The van der Waals surface area contributed by atoms with Gasteiger partial charge in [0.05, 0.1) is 5.69 Å². The van der Waals surface area contributed by atoms with Crippen LogP contribution in [0.2, 0.25) is 0 Å². The number of rotatable bonds is 4. The van der Waals surface area contributed by atoms with Gasteiger partial charge in [0.25, 0.3) is 0 Å². The summed E-state index contributed by atoms with van der Waals surface area (Å²) >= 11 is 0. The Labute approximate surface area is 173 Å². The van der Waals surface area contributed by atoms with E-state index in [-0.39, 0.29) is 29.2 Å². The average molecular weight is 406 g/mol. The smallest absolute Gasteiger partial charge is 0.234 e. The van der Waals surface area contributed by atoms with Crippen molar-refractivity contribution in [3.05, 3.63) is 77.3 Å². The average Bonchev–Trinajstić information content (AvgIpc) is 3.45. The second-order valence-corrected chi connectivity index (χ2v) is 7.74. The number of halogens is 2. The van der Waals surface area contributed by atoms with Crippen LogP contribution < -0.4 is 9.80 Å². The van der Waals surface area contributed by atoms with E-state index in [0.717, 1.165) is 12.0 Å². The van der Waals surface area contributed by atoms with E-state index in [0.29, 0.717) is 43.6 Å². The molecule has 30 heavy (non-hydrogen) atoms. The van der Waals surface area contributed by atoms with Crippen molar-refractivity contribution in [2.75, 3.05) is 36.0 Å². The Morgan fingerprint density at radius 2 is 1.63 bits per heavy atom. The molecule has 2 aliphatic rings. The third kappa shape index (κ3) is 3.39. The minimum absolute atomic E-state index is 0.107. The lowest BCUT2D eigenvalue weighted by Crippen LogP contribution is -2.47. The Morgan fingerprint density at radius 1 is 0.933 bits per heavy atom. The Balaban J connectivity index is 1.29. The molecule has 0 radical (unpaired) electrons. The molecule has 2 fully saturated rings. The number of hydrogen-bond donors (Lipinski definition) is 0. The summed E-state index contributed by atoms with van der Waals surface area (Å²) in [6.07, 6.45) is 0.873. The predicted molar refractivity (Wildman–Crippen MR) is 109 cm³/mol. The van der Waals surface area contributed by atoms with Crippen molar-refractivity contribution in [3.8, 4) is 6.07 Å². The Morgan fingerprint density at radius 3 is 2.33 bits per heavy atom. The van der Waals surface area contributed by atoms with Crippen molar-refractivity contribution in [2.24, 2.45) is 0 Å². The van der Waals surface area contributed by atoms with Gasteiger partial charge in [0.2, 0.25) is 17.5 Å². The van der Waals surface area contributed by atoms with Crippen LogP contribution in [0.25, 0.3) is 0 Å². The highest BCUT2D eigenvalue weighted by Crippen LogP contribution is 2.55. The number of piperazine rings is 1. The van der Waals surface area contributed by atoms with E-state index in [1.54, 1.807) is 24.3 Å². The zero-order valence-corrected chi connectivity index (χ0v) is 16.3. The van der Waals surface area contributed by atoms with E-state index in [1.165, 1.54) is 18.2 Å². The molecule has 1 aliphatic heterocycles. The number of benzene rings is 2. The molecule has 0 spiro atoms. The van der Waals surface area contributed by atoms with Crippen LogP contribution in [-0.4, -0.2) is 31.2 Å². The van der Waals surface area contributed by atoms with Crippen molar-refractivity contribution in [1.29, 1.82) is 5.26 Å². The van der Waals surface area contributed by atoms with Crippen LogP contribution >= 0.6 is 0 Å². The van der Waals surface area contributed by atoms with E-state index in [1.807, 2.05) is 15.9 Å². The minimum Gasteiger partial charge on any atom is -0.423 e. The highest BCUT2D eigenvalue weighted by atomic mass is 19.1. The summed E-state index contributed by atoms with van der Waals surface area (Å²) in [4.78, 5) is 8.44. The van der Waals surface area contributed by atoms with Crippen molar-refractivity contribution < 1.29 is 13.2 Å². The van der Waals surface area contributed by atoms with E-state index in [9.17, 15) is 14.0 Å². The summed E-state index contributed by atoms with van der Waals surface area (Å²) in [6, 6.07) is 15.4. The first-order valence-corrected chi connectivity index (χ1v) is 10.0. The number of para-hydroxylation sites is 1. The normalized spacial score (nSPS) is 20.8. The van der Waals surface area contributed by atoms with Crippen molar-refractivity contribution >= 4 is 11.6 Å². The fourth-order valence-electron chi connectivity index (χ4n) is 4.18. The lowest BCUT2D eigenvalue weighted by Gasteiger charge is -2.36. The van der Waals surface area contributed by atoms with Crippen molar-refractivity contribution in [2.45, 2.75) is 18.3 Å². The van der Waals surface area contributed by atoms with Crippen molar-refractivity contribution in [3.63, 3.8) is 0 Å². The summed E-state index contributed by atoms with van der Waals surface area (Å²) in [5.74, 6) is 0.914. The summed E-state index contributed by atoms with van der Waals surface area (Å²) in [7, 11) is 0. The third-order valence-corrected chi connectivity index (χ3v) is 5.90. The number of nitriles is 1. The number of aromatic nitrogens is 1. The largest absolute Gasteiger partial charge is 0.423 e. The molecule has 1 saturated carbocycles. The standard InChI is InChI=1S/C23H20F2N4O/c24-16-7-5-15(6-8-16)17-13-18(17)22-27-20(14-26)23(30-22)29-11-9-28(10-12-29)21-4-2-1-3-19(21)25/h1-8,17-18H,9-13H2. The van der Waals surface area contributed by atoms with Gasteiger partial charge in [-0.1, -0.05) is 24.3 Å². The molecule has 7 heteroatoms. The molecule has 1 saturated heterocycles. The molecule has 3 aromatic rings. The van der Waals surface area contributed by atoms with Gasteiger partial charge in [-0.25, -0.2) is 13.8 Å². The maximum atomic E-state index is 14.1. The van der Waals surface area contributed by atoms with Crippen LogP contribution in [0.1, 0.15) is 35.4 Å². The lowest BCUT2D eigenvalue weighted by atomic mass is 10.1. The van der Waals surface area contributed by atoms with Crippen LogP contribution in [0.3, 0.4) is 0 Å². The number of oxazole rings is 1. The lowest BCUT2D eigenvalue weighted by molar-refractivity contribution is 0.475. The zero-order valence-electron chi connectivity index (χ0n) is 16.3. The highest BCUT2D eigenvalue weighted by molar-refractivity contribution is 5.53. The summed E-state index contributed by atoms with van der Waals surface area (Å²) in [5.41, 5.74) is 1.93. The van der Waals surface area contributed by atoms with Crippen LogP contribution in [0, 0.1) is 23.0 Å². The first kappa shape index (κ1) is 18.6. The van der Waals surface area contributed by atoms with E-state index in [4.69, 9.17) is 4.42 Å². The maximum Gasteiger partial charge on any atom is 0.234 e. The molecular weight excluding hydrogens is 386 g/mol. The molecule has 2 atom stereocenters. The van der Waals surface area contributed by atoms with Gasteiger partial charge in [0.1, 0.15) is 17.7 Å². The highest BCUT2D eigenvalue weighted by Gasteiger charge is 2.44. The second kappa shape index (κ2) is 7.45. The quantitative estimate of drug-likeness (QED) is 0.642.